The summed E-state index contributed by atoms with van der Waals surface area (Å²) in [6.45, 7) is 3.33. The third-order valence-electron chi connectivity index (χ3n) is 2.44. The summed E-state index contributed by atoms with van der Waals surface area (Å²) in [5.41, 5.74) is 1.30. The number of halogens is 1. The molecular weight excluding hydrogens is 274 g/mol. The Hall–Kier alpha value is -0.190. The number of rotatable bonds is 2. The van der Waals surface area contributed by atoms with E-state index in [9.17, 15) is 0 Å². The first kappa shape index (κ1) is 11.3. The van der Waals surface area contributed by atoms with Gasteiger partial charge < -0.3 is 10.1 Å². The van der Waals surface area contributed by atoms with E-state index in [1.807, 2.05) is 17.8 Å². The fourth-order valence-electron chi connectivity index (χ4n) is 1.64. The monoisotopic (exact) mass is 287 g/mol. The number of methoxy groups -OCH3 is 1. The molecule has 15 heavy (non-hydrogen) atoms. The Morgan fingerprint density at radius 3 is 2.87 bits per heavy atom. The summed E-state index contributed by atoms with van der Waals surface area (Å²) < 4.78 is 6.23. The molecule has 0 aromatic heterocycles. The molecule has 0 saturated carbocycles. The summed E-state index contributed by atoms with van der Waals surface area (Å²) in [7, 11) is 1.68. The average Bonchev–Trinajstić information content (AvgIpc) is 2.65. The van der Waals surface area contributed by atoms with Crippen LogP contribution in [0, 0.1) is 0 Å². The molecule has 1 fully saturated rings. The number of ether oxygens (including phenoxy) is 1. The van der Waals surface area contributed by atoms with Crippen molar-refractivity contribution in [3.8, 4) is 5.75 Å². The standard InChI is InChI=1S/C11H14BrNOS/c1-7-6-13-11(15-7)8-3-4-10(14-2)9(12)5-8/h3-5,7,11,13H,6H2,1-2H3. The molecule has 4 heteroatoms. The maximum atomic E-state index is 5.21. The molecule has 1 aliphatic rings. The summed E-state index contributed by atoms with van der Waals surface area (Å²) in [5, 5.41) is 4.60. The molecule has 2 nitrogen and oxygen atoms in total. The molecule has 0 bridgehead atoms. The van der Waals surface area contributed by atoms with Crippen molar-refractivity contribution in [2.75, 3.05) is 13.7 Å². The lowest BCUT2D eigenvalue weighted by Crippen LogP contribution is -2.13. The van der Waals surface area contributed by atoms with E-state index in [2.05, 4.69) is 40.3 Å². The van der Waals surface area contributed by atoms with Crippen LogP contribution >= 0.6 is 27.7 Å². The second-order valence-corrected chi connectivity index (χ2v) is 6.03. The largest absolute Gasteiger partial charge is 0.496 e. The highest BCUT2D eigenvalue weighted by Gasteiger charge is 2.22. The Kier molecular flexibility index (Phi) is 3.59. The molecule has 1 heterocycles. The van der Waals surface area contributed by atoms with Gasteiger partial charge in [-0.15, -0.1) is 11.8 Å². The minimum absolute atomic E-state index is 0.419. The molecule has 1 N–H and O–H groups in total. The molecule has 0 amide bonds. The lowest BCUT2D eigenvalue weighted by Gasteiger charge is -2.12. The Morgan fingerprint density at radius 1 is 1.53 bits per heavy atom. The molecule has 1 saturated heterocycles. The van der Waals surface area contributed by atoms with Crippen LogP contribution in [-0.4, -0.2) is 18.9 Å². The highest BCUT2D eigenvalue weighted by molar-refractivity contribution is 9.10. The van der Waals surface area contributed by atoms with Gasteiger partial charge in [-0.05, 0) is 33.6 Å². The van der Waals surface area contributed by atoms with Crippen LogP contribution in [0.15, 0.2) is 22.7 Å². The zero-order valence-corrected chi connectivity index (χ0v) is 11.2. The Bertz CT molecular complexity index is 358. The van der Waals surface area contributed by atoms with Crippen molar-refractivity contribution in [3.05, 3.63) is 28.2 Å². The van der Waals surface area contributed by atoms with Gasteiger partial charge in [0.1, 0.15) is 5.75 Å². The van der Waals surface area contributed by atoms with Gasteiger partial charge in [0.25, 0.3) is 0 Å². The van der Waals surface area contributed by atoms with E-state index in [0.717, 1.165) is 16.8 Å². The molecule has 2 unspecified atom stereocenters. The minimum Gasteiger partial charge on any atom is -0.496 e. The number of thioether (sulfide) groups is 1. The topological polar surface area (TPSA) is 21.3 Å². The molecule has 2 rings (SSSR count). The fraction of sp³-hybridized carbons (Fsp3) is 0.455. The van der Waals surface area contributed by atoms with Gasteiger partial charge in [0, 0.05) is 11.8 Å². The van der Waals surface area contributed by atoms with Gasteiger partial charge in [-0.3, -0.25) is 0 Å². The quantitative estimate of drug-likeness (QED) is 0.903. The predicted molar refractivity (Wildman–Crippen MR) is 68.5 cm³/mol. The van der Waals surface area contributed by atoms with Crippen molar-refractivity contribution in [1.82, 2.24) is 5.32 Å². The molecule has 0 spiro atoms. The van der Waals surface area contributed by atoms with Crippen molar-refractivity contribution < 1.29 is 4.74 Å². The molecule has 0 aliphatic carbocycles. The number of hydrogen-bond donors (Lipinski definition) is 1. The van der Waals surface area contributed by atoms with Crippen LogP contribution in [0.1, 0.15) is 17.9 Å². The minimum atomic E-state index is 0.419. The van der Waals surface area contributed by atoms with E-state index in [4.69, 9.17) is 4.74 Å². The third kappa shape index (κ3) is 2.49. The van der Waals surface area contributed by atoms with E-state index in [0.29, 0.717) is 10.6 Å². The van der Waals surface area contributed by atoms with Crippen molar-refractivity contribution in [1.29, 1.82) is 0 Å². The predicted octanol–water partition coefficient (Wildman–Crippen LogP) is 3.18. The van der Waals surface area contributed by atoms with E-state index in [-0.39, 0.29) is 0 Å². The molecule has 2 atom stereocenters. The van der Waals surface area contributed by atoms with Gasteiger partial charge in [-0.1, -0.05) is 13.0 Å². The SMILES string of the molecule is COc1ccc(C2NCC(C)S2)cc1Br. The first-order valence-corrected chi connectivity index (χ1v) is 6.66. The summed E-state index contributed by atoms with van der Waals surface area (Å²) in [4.78, 5) is 0. The lowest BCUT2D eigenvalue weighted by molar-refractivity contribution is 0.412. The van der Waals surface area contributed by atoms with Crippen molar-refractivity contribution in [2.45, 2.75) is 17.5 Å². The first-order chi connectivity index (χ1) is 7.20. The maximum Gasteiger partial charge on any atom is 0.133 e. The Labute approximate surface area is 103 Å². The third-order valence-corrected chi connectivity index (χ3v) is 4.40. The zero-order chi connectivity index (χ0) is 10.8. The Balaban J connectivity index is 2.19. The van der Waals surface area contributed by atoms with Crippen LogP contribution in [0.4, 0.5) is 0 Å². The van der Waals surface area contributed by atoms with Crippen LogP contribution in [0.3, 0.4) is 0 Å². The van der Waals surface area contributed by atoms with Gasteiger partial charge in [0.15, 0.2) is 0 Å². The van der Waals surface area contributed by atoms with Crippen molar-refractivity contribution >= 4 is 27.7 Å². The fourth-order valence-corrected chi connectivity index (χ4v) is 3.36. The van der Waals surface area contributed by atoms with E-state index in [1.165, 1.54) is 5.56 Å². The maximum absolute atomic E-state index is 5.21. The highest BCUT2D eigenvalue weighted by atomic mass is 79.9. The van der Waals surface area contributed by atoms with Gasteiger partial charge in [-0.2, -0.15) is 0 Å². The molecular formula is C11H14BrNOS. The molecule has 1 aromatic carbocycles. The lowest BCUT2D eigenvalue weighted by atomic mass is 10.2. The van der Waals surface area contributed by atoms with Crippen LogP contribution < -0.4 is 10.1 Å². The van der Waals surface area contributed by atoms with Gasteiger partial charge in [0.05, 0.1) is 17.0 Å². The zero-order valence-electron chi connectivity index (χ0n) is 8.79. The number of benzene rings is 1. The van der Waals surface area contributed by atoms with Gasteiger partial charge in [-0.25, -0.2) is 0 Å². The summed E-state index contributed by atoms with van der Waals surface area (Å²) in [6, 6.07) is 6.25. The van der Waals surface area contributed by atoms with Gasteiger partial charge in [0.2, 0.25) is 0 Å². The van der Waals surface area contributed by atoms with E-state index in [1.54, 1.807) is 7.11 Å². The number of hydrogen-bond acceptors (Lipinski definition) is 3. The van der Waals surface area contributed by atoms with Crippen molar-refractivity contribution in [2.24, 2.45) is 0 Å². The normalized spacial score (nSPS) is 25.5. The molecule has 1 aliphatic heterocycles. The molecule has 82 valence electrons. The van der Waals surface area contributed by atoms with Gasteiger partial charge >= 0.3 is 0 Å². The second kappa shape index (κ2) is 4.76. The summed E-state index contributed by atoms with van der Waals surface area (Å²) >= 11 is 5.48. The molecule has 1 aromatic rings. The van der Waals surface area contributed by atoms with Crippen LogP contribution in [0.5, 0.6) is 5.75 Å². The highest BCUT2D eigenvalue weighted by Crippen LogP contribution is 2.37. The van der Waals surface area contributed by atoms with Crippen LogP contribution in [-0.2, 0) is 0 Å². The summed E-state index contributed by atoms with van der Waals surface area (Å²) in [6.07, 6.45) is 0. The van der Waals surface area contributed by atoms with Crippen LogP contribution in [0.2, 0.25) is 0 Å². The number of nitrogens with one attached hydrogen (secondary N) is 1. The van der Waals surface area contributed by atoms with E-state index >= 15 is 0 Å². The second-order valence-electron chi connectivity index (χ2n) is 3.63. The molecule has 0 radical (unpaired) electrons. The first-order valence-electron chi connectivity index (χ1n) is 4.93. The smallest absolute Gasteiger partial charge is 0.133 e. The summed E-state index contributed by atoms with van der Waals surface area (Å²) in [5.74, 6) is 0.884. The van der Waals surface area contributed by atoms with Crippen LogP contribution in [0.25, 0.3) is 0 Å². The average molecular weight is 288 g/mol. The Morgan fingerprint density at radius 2 is 2.33 bits per heavy atom. The van der Waals surface area contributed by atoms with E-state index < -0.39 is 0 Å². The van der Waals surface area contributed by atoms with Crippen molar-refractivity contribution in [3.63, 3.8) is 0 Å².